The van der Waals surface area contributed by atoms with Gasteiger partial charge in [0.05, 0.1) is 6.04 Å². The highest BCUT2D eigenvalue weighted by molar-refractivity contribution is 7.59. The fourth-order valence-corrected chi connectivity index (χ4v) is 2.75. The summed E-state index contributed by atoms with van der Waals surface area (Å²) in [6.07, 6.45) is 0. The monoisotopic (exact) mass is 346 g/mol. The molecule has 128 valence electrons. The van der Waals surface area contributed by atoms with Crippen LogP contribution in [0.25, 0.3) is 0 Å². The molecule has 0 aromatic heterocycles. The highest BCUT2D eigenvalue weighted by atomic mass is 32.1. The molecule has 1 heterocycles. The van der Waals surface area contributed by atoms with Crippen LogP contribution in [0.15, 0.2) is 42.5 Å². The van der Waals surface area contributed by atoms with Crippen molar-refractivity contribution < 1.29 is 14.7 Å². The Hall–Kier alpha value is -2.18. The topological polar surface area (TPSA) is 61.8 Å². The van der Waals surface area contributed by atoms with E-state index in [1.165, 1.54) is 5.56 Å². The van der Waals surface area contributed by atoms with E-state index in [-0.39, 0.29) is 19.5 Å². The summed E-state index contributed by atoms with van der Waals surface area (Å²) < 4.78 is 5.87. The van der Waals surface area contributed by atoms with E-state index in [1.54, 1.807) is 17.6 Å². The van der Waals surface area contributed by atoms with Gasteiger partial charge in [-0.25, -0.2) is 5.48 Å². The quantitative estimate of drug-likeness (QED) is 0.648. The smallest absolute Gasteiger partial charge is 0.274 e. The second kappa shape index (κ2) is 7.59. The van der Waals surface area contributed by atoms with E-state index in [2.05, 4.69) is 43.0 Å². The van der Waals surface area contributed by atoms with Crippen LogP contribution >= 0.6 is 13.5 Å². The number of nitrogens with one attached hydrogen (secondary N) is 1. The molecule has 1 amide bonds. The number of fused-ring (bicyclic) bond motifs is 1. The summed E-state index contributed by atoms with van der Waals surface area (Å²) in [6, 6.07) is 13.9. The van der Waals surface area contributed by atoms with E-state index in [0.29, 0.717) is 24.5 Å². The summed E-state index contributed by atoms with van der Waals surface area (Å²) in [5.41, 5.74) is 5.42. The van der Waals surface area contributed by atoms with Crippen molar-refractivity contribution in [3.05, 3.63) is 59.2 Å². The van der Waals surface area contributed by atoms with Crippen LogP contribution in [0.1, 0.15) is 28.4 Å². The van der Waals surface area contributed by atoms with Crippen molar-refractivity contribution in [2.24, 2.45) is 0 Å². The summed E-state index contributed by atoms with van der Waals surface area (Å²) in [4.78, 5) is 13.8. The van der Waals surface area contributed by atoms with Gasteiger partial charge in [-0.15, -0.1) is 0 Å². The SMILES string of the molecule is Cc1ccc(N2Cc3ccc(C(=O)NO)cc3OC[C@H]2C)cc1.S. The summed E-state index contributed by atoms with van der Waals surface area (Å²) >= 11 is 0. The van der Waals surface area contributed by atoms with Crippen LogP contribution in [0.5, 0.6) is 5.75 Å². The molecule has 3 rings (SSSR count). The molecule has 2 aromatic rings. The van der Waals surface area contributed by atoms with Crippen molar-refractivity contribution in [1.29, 1.82) is 0 Å². The minimum Gasteiger partial charge on any atom is -0.491 e. The number of hydroxylamine groups is 1. The van der Waals surface area contributed by atoms with Gasteiger partial charge < -0.3 is 9.64 Å². The van der Waals surface area contributed by atoms with Gasteiger partial charge in [-0.1, -0.05) is 23.8 Å². The third-order valence-corrected chi connectivity index (χ3v) is 4.15. The van der Waals surface area contributed by atoms with Gasteiger partial charge in [0.1, 0.15) is 12.4 Å². The summed E-state index contributed by atoms with van der Waals surface area (Å²) in [6.45, 7) is 5.43. The number of carbonyl (C=O) groups is 1. The third-order valence-electron chi connectivity index (χ3n) is 4.15. The van der Waals surface area contributed by atoms with Crippen molar-refractivity contribution >= 4 is 25.1 Å². The van der Waals surface area contributed by atoms with Crippen molar-refractivity contribution in [3.8, 4) is 5.75 Å². The molecule has 2 aromatic carbocycles. The van der Waals surface area contributed by atoms with Crippen LogP contribution in [0, 0.1) is 6.92 Å². The predicted octanol–water partition coefficient (Wildman–Crippen LogP) is 3.01. The van der Waals surface area contributed by atoms with E-state index in [4.69, 9.17) is 9.94 Å². The first-order chi connectivity index (χ1) is 11.1. The maximum Gasteiger partial charge on any atom is 0.274 e. The second-order valence-electron chi connectivity index (χ2n) is 5.89. The summed E-state index contributed by atoms with van der Waals surface area (Å²) in [5.74, 6) is 0.150. The number of anilines is 1. The number of hydrogen-bond acceptors (Lipinski definition) is 4. The van der Waals surface area contributed by atoms with Crippen LogP contribution in [0.2, 0.25) is 0 Å². The maximum atomic E-state index is 11.5. The van der Waals surface area contributed by atoms with Crippen LogP contribution in [0.4, 0.5) is 5.69 Å². The molecular weight excluding hydrogens is 324 g/mol. The Bertz CT molecular complexity index is 719. The molecule has 1 atom stereocenters. The predicted molar refractivity (Wildman–Crippen MR) is 98.4 cm³/mol. The Balaban J connectivity index is 0.00000208. The molecule has 0 spiro atoms. The average Bonchev–Trinajstić information content (AvgIpc) is 2.74. The lowest BCUT2D eigenvalue weighted by Gasteiger charge is -2.28. The molecule has 1 aliphatic heterocycles. The van der Waals surface area contributed by atoms with E-state index >= 15 is 0 Å². The first-order valence-electron chi connectivity index (χ1n) is 7.62. The molecule has 6 heteroatoms. The average molecular weight is 346 g/mol. The van der Waals surface area contributed by atoms with Gasteiger partial charge in [0.2, 0.25) is 0 Å². The molecule has 0 saturated carbocycles. The first kappa shape index (κ1) is 18.2. The van der Waals surface area contributed by atoms with Gasteiger partial charge in [0.25, 0.3) is 5.91 Å². The number of hydrogen-bond donors (Lipinski definition) is 2. The highest BCUT2D eigenvalue weighted by Crippen LogP contribution is 2.29. The Morgan fingerprint density at radius 2 is 1.96 bits per heavy atom. The van der Waals surface area contributed by atoms with Gasteiger partial charge in [-0.2, -0.15) is 13.5 Å². The fourth-order valence-electron chi connectivity index (χ4n) is 2.75. The lowest BCUT2D eigenvalue weighted by molar-refractivity contribution is 0.0706. The Labute approximate surface area is 148 Å². The summed E-state index contributed by atoms with van der Waals surface area (Å²) in [5, 5.41) is 8.75. The van der Waals surface area contributed by atoms with Gasteiger partial charge in [-0.05, 0) is 38.1 Å². The Morgan fingerprint density at radius 1 is 1.25 bits per heavy atom. The van der Waals surface area contributed by atoms with E-state index in [0.717, 1.165) is 11.3 Å². The lowest BCUT2D eigenvalue weighted by atomic mass is 10.1. The maximum absolute atomic E-state index is 11.5. The summed E-state index contributed by atoms with van der Waals surface area (Å²) in [7, 11) is 0. The van der Waals surface area contributed by atoms with Crippen LogP contribution < -0.4 is 15.1 Å². The minimum absolute atomic E-state index is 0. The minimum atomic E-state index is -0.538. The number of carbonyl (C=O) groups excluding carboxylic acids is 1. The molecule has 0 bridgehead atoms. The van der Waals surface area contributed by atoms with Crippen LogP contribution in [-0.2, 0) is 6.54 Å². The zero-order valence-corrected chi connectivity index (χ0v) is 14.7. The van der Waals surface area contributed by atoms with E-state index in [1.807, 2.05) is 6.07 Å². The van der Waals surface area contributed by atoms with Crippen LogP contribution in [0.3, 0.4) is 0 Å². The zero-order valence-electron chi connectivity index (χ0n) is 13.7. The number of aryl methyl sites for hydroxylation is 1. The molecule has 0 radical (unpaired) electrons. The lowest BCUT2D eigenvalue weighted by Crippen LogP contribution is -2.34. The number of benzene rings is 2. The molecule has 2 N–H and O–H groups in total. The third kappa shape index (κ3) is 3.66. The normalized spacial score (nSPS) is 16.3. The van der Waals surface area contributed by atoms with Gasteiger partial charge >= 0.3 is 0 Å². The Kier molecular flexibility index (Phi) is 5.75. The van der Waals surface area contributed by atoms with Crippen molar-refractivity contribution in [3.63, 3.8) is 0 Å². The molecule has 0 saturated heterocycles. The molecule has 0 unspecified atom stereocenters. The van der Waals surface area contributed by atoms with E-state index < -0.39 is 5.91 Å². The van der Waals surface area contributed by atoms with Crippen molar-refractivity contribution in [2.45, 2.75) is 26.4 Å². The first-order valence-corrected chi connectivity index (χ1v) is 7.62. The number of rotatable bonds is 2. The number of nitrogens with zero attached hydrogens (tertiary/aromatic N) is 1. The van der Waals surface area contributed by atoms with Gasteiger partial charge in [0, 0.05) is 23.4 Å². The molecule has 5 nitrogen and oxygen atoms in total. The molecule has 0 fully saturated rings. The van der Waals surface area contributed by atoms with Crippen LogP contribution in [-0.4, -0.2) is 23.8 Å². The van der Waals surface area contributed by atoms with Crippen molar-refractivity contribution in [2.75, 3.05) is 11.5 Å². The molecular formula is C18H22N2O3S. The zero-order chi connectivity index (χ0) is 16.4. The number of ether oxygens (including phenoxy) is 1. The fraction of sp³-hybridized carbons (Fsp3) is 0.278. The van der Waals surface area contributed by atoms with Gasteiger partial charge in [0.15, 0.2) is 0 Å². The number of amides is 1. The van der Waals surface area contributed by atoms with Crippen molar-refractivity contribution in [1.82, 2.24) is 5.48 Å². The standard InChI is InChI=1S/C18H20N2O3.H2S/c1-12-3-7-16(8-4-12)20-10-15-6-5-14(18(21)19-22)9-17(15)23-11-13(20)2;/h3-9,13,22H,10-11H2,1-2H3,(H,19,21);1H2/t13-;/m1./s1. The molecule has 0 aliphatic carbocycles. The second-order valence-corrected chi connectivity index (χ2v) is 5.89. The van der Waals surface area contributed by atoms with E-state index in [9.17, 15) is 4.79 Å². The van der Waals surface area contributed by atoms with Gasteiger partial charge in [-0.3, -0.25) is 10.0 Å². The molecule has 1 aliphatic rings. The Morgan fingerprint density at radius 3 is 2.62 bits per heavy atom. The molecule has 24 heavy (non-hydrogen) atoms. The highest BCUT2D eigenvalue weighted by Gasteiger charge is 2.22. The largest absolute Gasteiger partial charge is 0.491 e.